The SMILES string of the molecule is C=C(N=C/C=C(/C)N)NS(=O)(=O)c1ccc(N)cc1. The van der Waals surface area contributed by atoms with Crippen LogP contribution in [0.3, 0.4) is 0 Å². The van der Waals surface area contributed by atoms with Crippen LogP contribution in [0.2, 0.25) is 0 Å². The van der Waals surface area contributed by atoms with Crippen molar-refractivity contribution in [3.8, 4) is 0 Å². The Morgan fingerprint density at radius 3 is 2.47 bits per heavy atom. The molecule has 0 fully saturated rings. The fourth-order valence-corrected chi connectivity index (χ4v) is 2.11. The summed E-state index contributed by atoms with van der Waals surface area (Å²) >= 11 is 0. The number of nitrogens with one attached hydrogen (secondary N) is 1. The van der Waals surface area contributed by atoms with Gasteiger partial charge in [-0.2, -0.15) is 0 Å². The van der Waals surface area contributed by atoms with E-state index in [1.54, 1.807) is 6.92 Å². The number of nitrogens with two attached hydrogens (primary N) is 2. The maximum Gasteiger partial charge on any atom is 0.263 e. The van der Waals surface area contributed by atoms with Crippen molar-refractivity contribution in [3.63, 3.8) is 0 Å². The topological polar surface area (TPSA) is 111 Å². The maximum absolute atomic E-state index is 11.9. The second-order valence-electron chi connectivity index (χ2n) is 3.81. The lowest BCUT2D eigenvalue weighted by molar-refractivity contribution is 0.588. The quantitative estimate of drug-likeness (QED) is 0.551. The minimum absolute atomic E-state index is 0.00525. The summed E-state index contributed by atoms with van der Waals surface area (Å²) < 4.78 is 26.1. The summed E-state index contributed by atoms with van der Waals surface area (Å²) in [6.07, 6.45) is 2.89. The maximum atomic E-state index is 11.9. The number of allylic oxidation sites excluding steroid dienone is 2. The Hall–Kier alpha value is -2.28. The van der Waals surface area contributed by atoms with Crippen molar-refractivity contribution in [1.29, 1.82) is 0 Å². The van der Waals surface area contributed by atoms with Gasteiger partial charge in [-0.15, -0.1) is 0 Å². The predicted molar refractivity (Wildman–Crippen MR) is 76.8 cm³/mol. The van der Waals surface area contributed by atoms with Gasteiger partial charge in [-0.3, -0.25) is 4.72 Å². The Balaban J connectivity index is 2.80. The Morgan fingerprint density at radius 1 is 1.37 bits per heavy atom. The predicted octanol–water partition coefficient (Wildman–Crippen LogP) is 0.952. The van der Waals surface area contributed by atoms with E-state index in [0.717, 1.165) is 0 Å². The van der Waals surface area contributed by atoms with Crippen LogP contribution < -0.4 is 16.2 Å². The summed E-state index contributed by atoms with van der Waals surface area (Å²) in [7, 11) is -3.70. The summed E-state index contributed by atoms with van der Waals surface area (Å²) in [5, 5.41) is 0. The molecule has 0 aliphatic carbocycles. The third-order valence-electron chi connectivity index (χ3n) is 2.01. The van der Waals surface area contributed by atoms with Crippen LogP contribution >= 0.6 is 0 Å². The van der Waals surface area contributed by atoms with Gasteiger partial charge in [0.2, 0.25) is 0 Å². The van der Waals surface area contributed by atoms with Gasteiger partial charge in [0.25, 0.3) is 10.0 Å². The van der Waals surface area contributed by atoms with Crippen LogP contribution in [-0.4, -0.2) is 14.6 Å². The second-order valence-corrected chi connectivity index (χ2v) is 5.49. The number of nitrogen functional groups attached to an aromatic ring is 1. The van der Waals surface area contributed by atoms with E-state index < -0.39 is 10.0 Å². The molecule has 1 rings (SSSR count). The molecule has 0 amide bonds. The van der Waals surface area contributed by atoms with E-state index in [4.69, 9.17) is 11.5 Å². The number of hydrogen-bond acceptors (Lipinski definition) is 5. The molecule has 0 spiro atoms. The van der Waals surface area contributed by atoms with Crippen molar-refractivity contribution in [2.24, 2.45) is 10.7 Å². The monoisotopic (exact) mass is 280 g/mol. The molecule has 1 aromatic carbocycles. The van der Waals surface area contributed by atoms with E-state index in [2.05, 4.69) is 16.3 Å². The van der Waals surface area contributed by atoms with E-state index in [1.165, 1.54) is 36.6 Å². The summed E-state index contributed by atoms with van der Waals surface area (Å²) in [5.41, 5.74) is 11.9. The first-order valence-electron chi connectivity index (χ1n) is 5.35. The van der Waals surface area contributed by atoms with Gasteiger partial charge >= 0.3 is 0 Å². The second kappa shape index (κ2) is 6.05. The molecule has 102 valence electrons. The Morgan fingerprint density at radius 2 is 1.95 bits per heavy atom. The molecule has 0 unspecified atom stereocenters. The van der Waals surface area contributed by atoms with Crippen molar-refractivity contribution in [1.82, 2.24) is 4.72 Å². The highest BCUT2D eigenvalue weighted by Crippen LogP contribution is 2.12. The molecule has 0 radical (unpaired) electrons. The number of anilines is 1. The number of nitrogens with zero attached hydrogens (tertiary/aromatic N) is 1. The van der Waals surface area contributed by atoms with Gasteiger partial charge in [-0.25, -0.2) is 13.4 Å². The molecule has 0 heterocycles. The van der Waals surface area contributed by atoms with Crippen LogP contribution in [0.1, 0.15) is 6.92 Å². The van der Waals surface area contributed by atoms with E-state index >= 15 is 0 Å². The molecule has 7 heteroatoms. The first-order chi connectivity index (χ1) is 8.81. The molecular formula is C12H16N4O2S. The molecular weight excluding hydrogens is 264 g/mol. The van der Waals surface area contributed by atoms with Gasteiger partial charge in [-0.05, 0) is 37.3 Å². The van der Waals surface area contributed by atoms with Gasteiger partial charge in [0.1, 0.15) is 5.82 Å². The lowest BCUT2D eigenvalue weighted by Gasteiger charge is -2.07. The third kappa shape index (κ3) is 4.84. The fourth-order valence-electron chi connectivity index (χ4n) is 1.13. The van der Waals surface area contributed by atoms with Crippen molar-refractivity contribution < 1.29 is 8.42 Å². The van der Waals surface area contributed by atoms with Crippen molar-refractivity contribution in [2.45, 2.75) is 11.8 Å². The minimum atomic E-state index is -3.70. The Labute approximate surface area is 112 Å². The van der Waals surface area contributed by atoms with Gasteiger partial charge in [0.15, 0.2) is 0 Å². The summed E-state index contributed by atoms with van der Waals surface area (Å²) in [4.78, 5) is 3.89. The standard InChI is InChI=1S/C12H16N4O2S/c1-9(13)7-8-15-10(2)16-19(17,18)12-5-3-11(14)4-6-12/h3-8,16H,2,13-14H2,1H3/b9-7-,15-8?. The molecule has 0 aliphatic rings. The minimum Gasteiger partial charge on any atom is -0.402 e. The summed E-state index contributed by atoms with van der Waals surface area (Å²) in [5.74, 6) is -0.00525. The van der Waals surface area contributed by atoms with Crippen LogP contribution in [-0.2, 0) is 10.0 Å². The number of aliphatic imine (C=N–C) groups is 1. The zero-order valence-electron chi connectivity index (χ0n) is 10.5. The first kappa shape index (κ1) is 14.8. The molecule has 0 bridgehead atoms. The Kier molecular flexibility index (Phi) is 4.71. The third-order valence-corrected chi connectivity index (χ3v) is 3.41. The van der Waals surface area contributed by atoms with Crippen LogP contribution in [0.15, 0.2) is 58.3 Å². The van der Waals surface area contributed by atoms with E-state index in [1.807, 2.05) is 0 Å². The smallest absolute Gasteiger partial charge is 0.263 e. The molecule has 1 aromatic rings. The number of sulfonamides is 1. The van der Waals surface area contributed by atoms with Gasteiger partial charge in [0, 0.05) is 17.6 Å². The average molecular weight is 280 g/mol. The summed E-state index contributed by atoms with van der Waals surface area (Å²) in [6.45, 7) is 5.18. The van der Waals surface area contributed by atoms with Gasteiger partial charge in [-0.1, -0.05) is 6.58 Å². The zero-order valence-corrected chi connectivity index (χ0v) is 11.3. The number of rotatable bonds is 5. The van der Waals surface area contributed by atoms with Crippen molar-refractivity contribution in [3.05, 3.63) is 48.4 Å². The van der Waals surface area contributed by atoms with Crippen LogP contribution in [0.4, 0.5) is 5.69 Å². The van der Waals surface area contributed by atoms with Crippen LogP contribution in [0, 0.1) is 0 Å². The van der Waals surface area contributed by atoms with Crippen LogP contribution in [0.5, 0.6) is 0 Å². The van der Waals surface area contributed by atoms with E-state index in [0.29, 0.717) is 11.4 Å². The number of benzene rings is 1. The van der Waals surface area contributed by atoms with Crippen LogP contribution in [0.25, 0.3) is 0 Å². The zero-order chi connectivity index (χ0) is 14.5. The highest BCUT2D eigenvalue weighted by Gasteiger charge is 2.13. The molecule has 0 atom stereocenters. The molecule has 19 heavy (non-hydrogen) atoms. The molecule has 5 N–H and O–H groups in total. The van der Waals surface area contributed by atoms with Crippen molar-refractivity contribution in [2.75, 3.05) is 5.73 Å². The molecule has 0 saturated carbocycles. The number of hydrogen-bond donors (Lipinski definition) is 3. The summed E-state index contributed by atoms with van der Waals surface area (Å²) in [6, 6.07) is 5.80. The molecule has 0 saturated heterocycles. The Bertz CT molecular complexity index is 612. The highest BCUT2D eigenvalue weighted by molar-refractivity contribution is 7.89. The highest BCUT2D eigenvalue weighted by atomic mass is 32.2. The van der Waals surface area contributed by atoms with E-state index in [9.17, 15) is 8.42 Å². The first-order valence-corrected chi connectivity index (χ1v) is 6.83. The average Bonchev–Trinajstić information content (AvgIpc) is 2.28. The molecule has 6 nitrogen and oxygen atoms in total. The lowest BCUT2D eigenvalue weighted by Crippen LogP contribution is -2.21. The van der Waals surface area contributed by atoms with Gasteiger partial charge < -0.3 is 11.5 Å². The van der Waals surface area contributed by atoms with E-state index in [-0.39, 0.29) is 10.7 Å². The molecule has 0 aromatic heterocycles. The van der Waals surface area contributed by atoms with Crippen molar-refractivity contribution >= 4 is 21.9 Å². The largest absolute Gasteiger partial charge is 0.402 e. The molecule has 0 aliphatic heterocycles. The lowest BCUT2D eigenvalue weighted by atomic mass is 10.3. The fraction of sp³-hybridized carbons (Fsp3) is 0.0833. The van der Waals surface area contributed by atoms with Gasteiger partial charge in [0.05, 0.1) is 4.90 Å². The normalized spacial score (nSPS) is 12.6.